The fourth-order valence-corrected chi connectivity index (χ4v) is 9.86. The number of carbonyl (C=O) groups is 5. The fourth-order valence-electron chi connectivity index (χ4n) is 9.86. The topological polar surface area (TPSA) is 182 Å². The Labute approximate surface area is 420 Å². The molecule has 1 saturated heterocycles. The van der Waals surface area contributed by atoms with Gasteiger partial charge in [-0.3, -0.25) is 43.6 Å². The second-order valence-electron chi connectivity index (χ2n) is 20.4. The predicted octanol–water partition coefficient (Wildman–Crippen LogP) is 11.0. The smallest absolute Gasteiger partial charge is 0.320 e. The van der Waals surface area contributed by atoms with Crippen LogP contribution in [-0.4, -0.2) is 166 Å². The highest BCUT2D eigenvalue weighted by Gasteiger charge is 2.29. The van der Waals surface area contributed by atoms with E-state index in [1.165, 1.54) is 167 Å². The van der Waals surface area contributed by atoms with Gasteiger partial charge in [0.1, 0.15) is 6.04 Å². The van der Waals surface area contributed by atoms with Crippen molar-refractivity contribution in [2.24, 2.45) is 0 Å². The Kier molecular flexibility index (Phi) is 41.9. The van der Waals surface area contributed by atoms with E-state index in [9.17, 15) is 44.4 Å². The third kappa shape index (κ3) is 38.5. The zero-order chi connectivity index (χ0) is 50.6. The van der Waals surface area contributed by atoms with Gasteiger partial charge in [0, 0.05) is 71.9 Å². The Balaban J connectivity index is 2.80. The Bertz CT molecular complexity index is 1220. The summed E-state index contributed by atoms with van der Waals surface area (Å²) in [6, 6.07) is -1.02. The molecular weight excluding hydrogens is 875 g/mol. The molecule has 0 aliphatic carbocycles. The number of aliphatic carboxylic acids is 4. The minimum absolute atomic E-state index is 0.0314. The van der Waals surface area contributed by atoms with Crippen LogP contribution in [0.2, 0.25) is 0 Å². The molecule has 1 heterocycles. The quantitative estimate of drug-likeness (QED) is 0.0423. The summed E-state index contributed by atoms with van der Waals surface area (Å²) < 4.78 is 0. The lowest BCUT2D eigenvalue weighted by atomic mass is 10.0. The molecule has 0 aromatic rings. The van der Waals surface area contributed by atoms with Crippen LogP contribution in [0.5, 0.6) is 0 Å². The van der Waals surface area contributed by atoms with E-state index in [1.54, 1.807) is 19.6 Å². The van der Waals surface area contributed by atoms with Gasteiger partial charge in [0.2, 0.25) is 5.91 Å². The fraction of sp³-hybridized carbons (Fsp3) is 0.909. The van der Waals surface area contributed by atoms with Crippen LogP contribution in [0.3, 0.4) is 0 Å². The van der Waals surface area contributed by atoms with Gasteiger partial charge < -0.3 is 25.3 Å². The van der Waals surface area contributed by atoms with Gasteiger partial charge in [0.05, 0.1) is 19.6 Å². The predicted molar refractivity (Wildman–Crippen MR) is 280 cm³/mol. The molecule has 1 unspecified atom stereocenters. The Morgan fingerprint density at radius 1 is 0.377 bits per heavy atom. The van der Waals surface area contributed by atoms with Gasteiger partial charge in [-0.15, -0.1) is 0 Å². The highest BCUT2D eigenvalue weighted by molar-refractivity contribution is 5.78. The molecule has 14 heteroatoms. The van der Waals surface area contributed by atoms with E-state index < -0.39 is 29.9 Å². The summed E-state index contributed by atoms with van der Waals surface area (Å²) in [5, 5.41) is 39.4. The molecule has 69 heavy (non-hydrogen) atoms. The van der Waals surface area contributed by atoms with Crippen molar-refractivity contribution in [3.05, 3.63) is 0 Å². The number of carbonyl (C=O) groups excluding carboxylic acids is 1. The summed E-state index contributed by atoms with van der Waals surface area (Å²) in [6.07, 6.45) is 41.2. The van der Waals surface area contributed by atoms with E-state index in [0.717, 1.165) is 38.5 Å². The average molecular weight is 980 g/mol. The van der Waals surface area contributed by atoms with Crippen LogP contribution in [0, 0.1) is 0 Å². The third-order valence-electron chi connectivity index (χ3n) is 14.2. The van der Waals surface area contributed by atoms with Crippen LogP contribution in [0.4, 0.5) is 0 Å². The monoisotopic (exact) mass is 980 g/mol. The number of unbranched alkanes of at least 4 members (excludes halogenated alkanes) is 30. The van der Waals surface area contributed by atoms with E-state index >= 15 is 0 Å². The van der Waals surface area contributed by atoms with E-state index in [-0.39, 0.29) is 90.7 Å². The Morgan fingerprint density at radius 3 is 0.870 bits per heavy atom. The van der Waals surface area contributed by atoms with Crippen LogP contribution >= 0.6 is 0 Å². The van der Waals surface area contributed by atoms with Gasteiger partial charge >= 0.3 is 23.9 Å². The zero-order valence-electron chi connectivity index (χ0n) is 44.4. The third-order valence-corrected chi connectivity index (χ3v) is 14.2. The van der Waals surface area contributed by atoms with Gasteiger partial charge in [-0.2, -0.15) is 0 Å². The number of hydrogen-bond acceptors (Lipinski definition) is 9. The summed E-state index contributed by atoms with van der Waals surface area (Å²) in [5.74, 6) is -4.22. The van der Waals surface area contributed by atoms with Crippen LogP contribution in [0.1, 0.15) is 232 Å². The van der Waals surface area contributed by atoms with Gasteiger partial charge in [-0.25, -0.2) is 0 Å². The second kappa shape index (κ2) is 45.1. The van der Waals surface area contributed by atoms with Crippen LogP contribution in [0.25, 0.3) is 0 Å². The first-order valence-corrected chi connectivity index (χ1v) is 28.5. The van der Waals surface area contributed by atoms with Crippen molar-refractivity contribution in [2.75, 3.05) is 85.1 Å². The highest BCUT2D eigenvalue weighted by Crippen LogP contribution is 2.18. The van der Waals surface area contributed by atoms with Gasteiger partial charge in [-0.05, 0) is 19.3 Å². The molecule has 0 saturated carbocycles. The average Bonchev–Trinajstić information content (AvgIpc) is 3.30. The molecule has 0 radical (unpaired) electrons. The molecule has 1 rings (SSSR count). The molecule has 14 nitrogen and oxygen atoms in total. The highest BCUT2D eigenvalue weighted by atomic mass is 16.4. The van der Waals surface area contributed by atoms with Crippen molar-refractivity contribution < 1.29 is 44.4 Å². The molecule has 0 spiro atoms. The lowest BCUT2D eigenvalue weighted by Gasteiger charge is -2.35. The van der Waals surface area contributed by atoms with E-state index in [4.69, 9.17) is 0 Å². The number of nitrogens with zero attached hydrogens (tertiary/aromatic N) is 5. The number of rotatable bonds is 45. The largest absolute Gasteiger partial charge is 0.480 e. The first-order chi connectivity index (χ1) is 33.5. The van der Waals surface area contributed by atoms with Crippen LogP contribution < -0.4 is 0 Å². The molecular formula is C55H105N5O9. The first-order valence-electron chi connectivity index (χ1n) is 28.5. The maximum Gasteiger partial charge on any atom is 0.320 e. The van der Waals surface area contributed by atoms with Crippen molar-refractivity contribution in [1.29, 1.82) is 0 Å². The number of hydrogen-bond donors (Lipinski definition) is 4. The SMILES string of the molecule is CCCCCCCCCCCCCCCCCCN(CCCCCCCCCCCCCCCCCC)C(=O)CCC(C(=O)O)N1CCN(CC(=O)O)CCN(CC(=O)O)CCN(CC(=O)O)CC1. The maximum atomic E-state index is 14.0. The summed E-state index contributed by atoms with van der Waals surface area (Å²) in [7, 11) is 0. The van der Waals surface area contributed by atoms with Crippen molar-refractivity contribution in [2.45, 2.75) is 238 Å². The molecule has 0 bridgehead atoms. The number of carboxylic acids is 4. The Hall–Kier alpha value is -2.81. The molecule has 1 aliphatic rings. The normalized spacial score (nSPS) is 15.4. The molecule has 1 aliphatic heterocycles. The minimum Gasteiger partial charge on any atom is -0.480 e. The molecule has 404 valence electrons. The molecule has 0 aromatic heterocycles. The summed E-state index contributed by atoms with van der Waals surface area (Å²) in [6.45, 7) is 6.86. The summed E-state index contributed by atoms with van der Waals surface area (Å²) in [5.41, 5.74) is 0. The zero-order valence-corrected chi connectivity index (χ0v) is 44.4. The molecule has 4 N–H and O–H groups in total. The first kappa shape index (κ1) is 64.2. The van der Waals surface area contributed by atoms with Crippen molar-refractivity contribution in [3.63, 3.8) is 0 Å². The second-order valence-corrected chi connectivity index (χ2v) is 20.4. The van der Waals surface area contributed by atoms with Gasteiger partial charge in [-0.1, -0.05) is 206 Å². The van der Waals surface area contributed by atoms with Crippen LogP contribution in [-0.2, 0) is 24.0 Å². The molecule has 1 amide bonds. The summed E-state index contributed by atoms with van der Waals surface area (Å²) in [4.78, 5) is 70.9. The van der Waals surface area contributed by atoms with Crippen molar-refractivity contribution in [3.8, 4) is 0 Å². The van der Waals surface area contributed by atoms with Crippen molar-refractivity contribution in [1.82, 2.24) is 24.5 Å². The number of carboxylic acid groups (broad SMARTS) is 4. The molecule has 1 atom stereocenters. The number of amides is 1. The van der Waals surface area contributed by atoms with E-state index in [2.05, 4.69) is 13.8 Å². The molecule has 1 fully saturated rings. The standard InChI is InChI=1S/C55H105N5O9/c1-3-5-7-9-11-13-15-17-19-21-23-25-27-29-31-33-37-60(38-34-32-30-28-26-24-22-20-18-16-14-12-10-8-6-4-2)51(61)36-35-50(55(68)69)59-45-43-57(48-53(64)65)41-39-56(47-52(62)63)40-42-58(44-46-59)49-54(66)67/h50H,3-49H2,1-2H3,(H,62,63)(H,64,65)(H,66,67)(H,68,69). The lowest BCUT2D eigenvalue weighted by Crippen LogP contribution is -2.52. The Morgan fingerprint density at radius 2 is 0.623 bits per heavy atom. The van der Waals surface area contributed by atoms with Gasteiger partial charge in [0.25, 0.3) is 0 Å². The van der Waals surface area contributed by atoms with Gasteiger partial charge in [0.15, 0.2) is 0 Å². The minimum atomic E-state index is -1.07. The molecule has 0 aromatic carbocycles. The summed E-state index contributed by atoms with van der Waals surface area (Å²) >= 11 is 0. The lowest BCUT2D eigenvalue weighted by molar-refractivity contribution is -0.145. The van der Waals surface area contributed by atoms with Crippen LogP contribution in [0.15, 0.2) is 0 Å². The van der Waals surface area contributed by atoms with E-state index in [1.807, 2.05) is 4.90 Å². The van der Waals surface area contributed by atoms with E-state index in [0.29, 0.717) is 13.1 Å². The van der Waals surface area contributed by atoms with Crippen molar-refractivity contribution >= 4 is 29.8 Å². The maximum absolute atomic E-state index is 14.0.